The fourth-order valence-corrected chi connectivity index (χ4v) is 5.30. The molecule has 1 heterocycles. The van der Waals surface area contributed by atoms with Crippen molar-refractivity contribution in [3.05, 3.63) is 64.7 Å². The summed E-state index contributed by atoms with van der Waals surface area (Å²) >= 11 is 6.10. The number of benzene rings is 2. The monoisotopic (exact) mass is 434 g/mol. The molecule has 154 valence electrons. The number of piperidine rings is 1. The van der Waals surface area contributed by atoms with E-state index in [0.717, 1.165) is 0 Å². The van der Waals surface area contributed by atoms with Gasteiger partial charge in [-0.1, -0.05) is 41.9 Å². The first-order chi connectivity index (χ1) is 13.8. The van der Waals surface area contributed by atoms with Gasteiger partial charge in [0.2, 0.25) is 15.9 Å². The number of halogens is 1. The largest absolute Gasteiger partial charge is 0.326 e. The highest BCUT2D eigenvalue weighted by atomic mass is 35.5. The number of Topliss-reactive ketones (excluding diaryl/α,β-unsaturated/α-hetero) is 1. The maximum absolute atomic E-state index is 12.9. The zero-order valence-corrected chi connectivity index (χ0v) is 17.7. The van der Waals surface area contributed by atoms with Gasteiger partial charge in [-0.2, -0.15) is 0 Å². The van der Waals surface area contributed by atoms with Crippen LogP contribution in [0.4, 0.5) is 5.69 Å². The summed E-state index contributed by atoms with van der Waals surface area (Å²) in [5, 5.41) is 3.21. The van der Waals surface area contributed by atoms with Crippen molar-refractivity contribution in [1.82, 2.24) is 4.31 Å². The first-order valence-corrected chi connectivity index (χ1v) is 11.4. The smallest absolute Gasteiger partial charge is 0.228 e. The number of rotatable bonds is 6. The first-order valence-electron chi connectivity index (χ1n) is 9.39. The molecule has 0 aromatic heterocycles. The van der Waals surface area contributed by atoms with Crippen molar-refractivity contribution >= 4 is 39.0 Å². The number of carbonyl (C=O) groups is 2. The zero-order chi connectivity index (χ0) is 21.0. The molecule has 0 radical (unpaired) electrons. The van der Waals surface area contributed by atoms with Crippen LogP contribution in [-0.2, 0) is 20.6 Å². The summed E-state index contributed by atoms with van der Waals surface area (Å²) in [6.45, 7) is 1.98. The Morgan fingerprint density at radius 2 is 1.93 bits per heavy atom. The number of amides is 1. The molecule has 29 heavy (non-hydrogen) atoms. The second-order valence-electron chi connectivity index (χ2n) is 7.17. The van der Waals surface area contributed by atoms with Gasteiger partial charge in [0.05, 0.1) is 11.7 Å². The van der Waals surface area contributed by atoms with E-state index < -0.39 is 15.9 Å². The summed E-state index contributed by atoms with van der Waals surface area (Å²) in [5.41, 5.74) is 1.58. The van der Waals surface area contributed by atoms with Gasteiger partial charge in [-0.05, 0) is 43.5 Å². The molecule has 8 heteroatoms. The maximum atomic E-state index is 12.9. The van der Waals surface area contributed by atoms with Crippen molar-refractivity contribution < 1.29 is 18.0 Å². The SMILES string of the molecule is CC(=O)c1cccc(NC(=O)C2CCCN(S(=O)(=O)Cc3ccccc3Cl)C2)c1. The fourth-order valence-electron chi connectivity index (χ4n) is 3.37. The van der Waals surface area contributed by atoms with Crippen LogP contribution in [0.5, 0.6) is 0 Å². The minimum Gasteiger partial charge on any atom is -0.326 e. The molecule has 1 saturated heterocycles. The zero-order valence-electron chi connectivity index (χ0n) is 16.1. The lowest BCUT2D eigenvalue weighted by Crippen LogP contribution is -2.44. The van der Waals surface area contributed by atoms with Crippen LogP contribution in [0.1, 0.15) is 35.7 Å². The van der Waals surface area contributed by atoms with Crippen LogP contribution in [0, 0.1) is 5.92 Å². The molecule has 1 N–H and O–H groups in total. The predicted octanol–water partition coefficient (Wildman–Crippen LogP) is 3.72. The highest BCUT2D eigenvalue weighted by molar-refractivity contribution is 7.88. The van der Waals surface area contributed by atoms with Crippen molar-refractivity contribution in [3.63, 3.8) is 0 Å². The maximum Gasteiger partial charge on any atom is 0.228 e. The van der Waals surface area contributed by atoms with E-state index in [1.807, 2.05) is 0 Å². The minimum absolute atomic E-state index is 0.0874. The Bertz CT molecular complexity index is 1020. The van der Waals surface area contributed by atoms with Crippen LogP contribution in [0.15, 0.2) is 48.5 Å². The summed E-state index contributed by atoms with van der Waals surface area (Å²) < 4.78 is 27.1. The number of sulfonamides is 1. The van der Waals surface area contributed by atoms with Gasteiger partial charge in [0.15, 0.2) is 5.78 Å². The average molecular weight is 435 g/mol. The van der Waals surface area contributed by atoms with E-state index in [9.17, 15) is 18.0 Å². The minimum atomic E-state index is -3.59. The molecule has 1 aliphatic rings. The Hall–Kier alpha value is -2.22. The van der Waals surface area contributed by atoms with Crippen molar-refractivity contribution in [1.29, 1.82) is 0 Å². The molecule has 2 aromatic carbocycles. The molecule has 1 unspecified atom stereocenters. The van der Waals surface area contributed by atoms with E-state index in [-0.39, 0.29) is 24.0 Å². The molecule has 2 aromatic rings. The van der Waals surface area contributed by atoms with Crippen LogP contribution in [0.25, 0.3) is 0 Å². The van der Waals surface area contributed by atoms with E-state index in [0.29, 0.717) is 41.2 Å². The number of nitrogens with one attached hydrogen (secondary N) is 1. The van der Waals surface area contributed by atoms with Crippen molar-refractivity contribution in [2.24, 2.45) is 5.92 Å². The number of hydrogen-bond donors (Lipinski definition) is 1. The third-order valence-corrected chi connectivity index (χ3v) is 7.14. The van der Waals surface area contributed by atoms with Gasteiger partial charge in [-0.15, -0.1) is 0 Å². The van der Waals surface area contributed by atoms with E-state index >= 15 is 0 Å². The lowest BCUT2D eigenvalue weighted by atomic mass is 9.98. The van der Waals surface area contributed by atoms with Crippen LogP contribution in [-0.4, -0.2) is 37.5 Å². The van der Waals surface area contributed by atoms with Crippen LogP contribution in [0.3, 0.4) is 0 Å². The normalized spacial score (nSPS) is 17.7. The summed E-state index contributed by atoms with van der Waals surface area (Å²) in [6, 6.07) is 13.6. The molecule has 3 rings (SSSR count). The van der Waals surface area contributed by atoms with E-state index in [2.05, 4.69) is 5.32 Å². The molecule has 0 bridgehead atoms. The molecular formula is C21H23ClN2O4S. The number of hydrogen-bond acceptors (Lipinski definition) is 4. The molecule has 6 nitrogen and oxygen atoms in total. The standard InChI is InChI=1S/C21H23ClN2O4S/c1-15(25)16-7-4-9-19(12-16)23-21(26)17-8-5-11-24(13-17)29(27,28)14-18-6-2-3-10-20(18)22/h2-4,6-7,9-10,12,17H,5,8,11,13-14H2,1H3,(H,23,26). The second kappa shape index (κ2) is 9.07. The van der Waals surface area contributed by atoms with Gasteiger partial charge in [-0.3, -0.25) is 9.59 Å². The van der Waals surface area contributed by atoms with Crippen molar-refractivity contribution in [2.45, 2.75) is 25.5 Å². The summed E-state index contributed by atoms with van der Waals surface area (Å²) in [7, 11) is -3.59. The Kier molecular flexibility index (Phi) is 6.72. The van der Waals surface area contributed by atoms with E-state index in [1.54, 1.807) is 48.5 Å². The van der Waals surface area contributed by atoms with Gasteiger partial charge >= 0.3 is 0 Å². The molecule has 1 atom stereocenters. The Balaban J connectivity index is 1.68. The molecule has 1 fully saturated rings. The molecule has 0 aliphatic carbocycles. The Morgan fingerprint density at radius 1 is 1.17 bits per heavy atom. The van der Waals surface area contributed by atoms with Gasteiger partial charge in [0.1, 0.15) is 0 Å². The van der Waals surface area contributed by atoms with Crippen molar-refractivity contribution in [2.75, 3.05) is 18.4 Å². The summed E-state index contributed by atoms with van der Waals surface area (Å²) in [6.07, 6.45) is 1.21. The quantitative estimate of drug-likeness (QED) is 0.702. The number of nitrogens with zero attached hydrogens (tertiary/aromatic N) is 1. The van der Waals surface area contributed by atoms with E-state index in [4.69, 9.17) is 11.6 Å². The van der Waals surface area contributed by atoms with Gasteiger partial charge in [0.25, 0.3) is 0 Å². The van der Waals surface area contributed by atoms with Crippen LogP contribution >= 0.6 is 11.6 Å². The summed E-state index contributed by atoms with van der Waals surface area (Å²) in [5.74, 6) is -0.980. The lowest BCUT2D eigenvalue weighted by molar-refractivity contribution is -0.120. The highest BCUT2D eigenvalue weighted by Gasteiger charge is 2.32. The molecule has 0 spiro atoms. The summed E-state index contributed by atoms with van der Waals surface area (Å²) in [4.78, 5) is 24.2. The third-order valence-electron chi connectivity index (χ3n) is 4.98. The van der Waals surface area contributed by atoms with Crippen molar-refractivity contribution in [3.8, 4) is 0 Å². The molecule has 0 saturated carbocycles. The molecule has 1 aliphatic heterocycles. The van der Waals surface area contributed by atoms with Crippen LogP contribution in [0.2, 0.25) is 5.02 Å². The van der Waals surface area contributed by atoms with Gasteiger partial charge < -0.3 is 5.32 Å². The third kappa shape index (κ3) is 5.44. The Morgan fingerprint density at radius 3 is 2.66 bits per heavy atom. The number of ketones is 1. The predicted molar refractivity (Wildman–Crippen MR) is 113 cm³/mol. The number of carbonyl (C=O) groups excluding carboxylic acids is 2. The molecular weight excluding hydrogens is 412 g/mol. The molecule has 1 amide bonds. The van der Waals surface area contributed by atoms with Crippen LogP contribution < -0.4 is 5.32 Å². The number of anilines is 1. The average Bonchev–Trinajstić information content (AvgIpc) is 2.70. The fraction of sp³-hybridized carbons (Fsp3) is 0.333. The highest BCUT2D eigenvalue weighted by Crippen LogP contribution is 2.25. The lowest BCUT2D eigenvalue weighted by Gasteiger charge is -2.31. The van der Waals surface area contributed by atoms with E-state index in [1.165, 1.54) is 11.2 Å². The van der Waals surface area contributed by atoms with Gasteiger partial charge in [0, 0.05) is 29.4 Å². The first kappa shape index (κ1) is 21.5. The topological polar surface area (TPSA) is 83.6 Å². The Labute approximate surface area is 175 Å². The second-order valence-corrected chi connectivity index (χ2v) is 9.55. The van der Waals surface area contributed by atoms with Gasteiger partial charge in [-0.25, -0.2) is 12.7 Å².